The summed E-state index contributed by atoms with van der Waals surface area (Å²) in [5, 5.41) is 5.97. The molecule has 11 heteroatoms. The molecular weight excluding hydrogens is 484 g/mol. The third-order valence-corrected chi connectivity index (χ3v) is 6.10. The van der Waals surface area contributed by atoms with Crippen LogP contribution < -0.4 is 21.1 Å². The molecule has 3 aromatic rings. The Balaban J connectivity index is 1.48. The Morgan fingerprint density at radius 3 is 2.68 bits per heavy atom. The minimum Gasteiger partial charge on any atom is -0.378 e. The minimum absolute atomic E-state index is 0.0945. The Hall–Kier alpha value is -3.14. The monoisotopic (exact) mass is 505 g/mol. The van der Waals surface area contributed by atoms with Crippen LogP contribution in [0.3, 0.4) is 0 Å². The van der Waals surface area contributed by atoms with E-state index in [0.29, 0.717) is 35.2 Å². The van der Waals surface area contributed by atoms with E-state index >= 15 is 0 Å². The van der Waals surface area contributed by atoms with Gasteiger partial charge in [-0.15, -0.1) is 0 Å². The van der Waals surface area contributed by atoms with E-state index in [1.165, 1.54) is 30.6 Å². The number of pyridine rings is 2. The second-order valence-electron chi connectivity index (χ2n) is 7.71. The summed E-state index contributed by atoms with van der Waals surface area (Å²) < 4.78 is 19.2. The predicted octanol–water partition coefficient (Wildman–Crippen LogP) is 4.48. The van der Waals surface area contributed by atoms with Gasteiger partial charge in [0, 0.05) is 29.9 Å². The number of anilines is 3. The van der Waals surface area contributed by atoms with Gasteiger partial charge >= 0.3 is 0 Å². The molecule has 0 saturated carbocycles. The zero-order chi connectivity index (χ0) is 24.2. The number of carbonyl (C=O) groups is 1. The molecule has 2 aromatic heterocycles. The summed E-state index contributed by atoms with van der Waals surface area (Å²) in [6, 6.07) is 7.03. The molecule has 34 heavy (non-hydrogen) atoms. The van der Waals surface area contributed by atoms with Crippen molar-refractivity contribution in [3.63, 3.8) is 0 Å². The third-order valence-electron chi connectivity index (χ3n) is 5.38. The average molecular weight is 506 g/mol. The number of hydrogen-bond donors (Lipinski definition) is 3. The molecule has 1 amide bonds. The van der Waals surface area contributed by atoms with Gasteiger partial charge in [-0.2, -0.15) is 0 Å². The van der Waals surface area contributed by atoms with Gasteiger partial charge in [0.1, 0.15) is 17.2 Å². The van der Waals surface area contributed by atoms with Gasteiger partial charge in [0.05, 0.1) is 41.8 Å². The molecule has 0 radical (unpaired) electrons. The standard InChI is InChI=1S/C23H22Cl2FN5O3/c1-13(20-17(24)3-4-18(26)21(20)25)29-15-10-16(22(32)28-12-15)23(33)30-14-2-5-19(27-11-14)31-6-8-34-9-7-31/h2-5,10-13,29H,6-9H2,1H3,(H,28,32)(H,30,33)/t13-/m1/s1. The van der Waals surface area contributed by atoms with Crippen LogP contribution in [0.25, 0.3) is 0 Å². The summed E-state index contributed by atoms with van der Waals surface area (Å²) in [6.45, 7) is 4.52. The number of aromatic amines is 1. The van der Waals surface area contributed by atoms with Gasteiger partial charge in [-0.1, -0.05) is 23.2 Å². The van der Waals surface area contributed by atoms with Crippen LogP contribution in [0.4, 0.5) is 21.6 Å². The summed E-state index contributed by atoms with van der Waals surface area (Å²) in [5.74, 6) is -0.404. The molecule has 1 atom stereocenters. The van der Waals surface area contributed by atoms with Crippen LogP contribution in [0, 0.1) is 5.82 Å². The Bertz CT molecular complexity index is 1250. The van der Waals surface area contributed by atoms with Crippen LogP contribution in [-0.4, -0.2) is 42.2 Å². The maximum atomic E-state index is 13.9. The predicted molar refractivity (Wildman–Crippen MR) is 131 cm³/mol. The van der Waals surface area contributed by atoms with Crippen LogP contribution in [0.1, 0.15) is 28.9 Å². The molecule has 1 fully saturated rings. The molecule has 8 nitrogen and oxygen atoms in total. The zero-order valence-electron chi connectivity index (χ0n) is 18.2. The van der Waals surface area contributed by atoms with Crippen LogP contribution in [0.5, 0.6) is 0 Å². The number of carbonyl (C=O) groups excluding carboxylic acids is 1. The Morgan fingerprint density at radius 2 is 1.97 bits per heavy atom. The lowest BCUT2D eigenvalue weighted by Gasteiger charge is -2.27. The number of ether oxygens (including phenoxy) is 1. The normalized spacial score (nSPS) is 14.5. The van der Waals surface area contributed by atoms with E-state index in [9.17, 15) is 14.0 Å². The summed E-state index contributed by atoms with van der Waals surface area (Å²) >= 11 is 12.3. The maximum absolute atomic E-state index is 13.9. The lowest BCUT2D eigenvalue weighted by Crippen LogP contribution is -2.36. The number of hydrogen-bond acceptors (Lipinski definition) is 6. The van der Waals surface area contributed by atoms with Crippen molar-refractivity contribution in [3.8, 4) is 0 Å². The van der Waals surface area contributed by atoms with Crippen molar-refractivity contribution in [2.75, 3.05) is 41.8 Å². The number of nitrogens with zero attached hydrogens (tertiary/aromatic N) is 2. The van der Waals surface area contributed by atoms with Crippen LogP contribution in [0.2, 0.25) is 10.0 Å². The van der Waals surface area contributed by atoms with Crippen LogP contribution in [0.15, 0.2) is 47.5 Å². The zero-order valence-corrected chi connectivity index (χ0v) is 19.7. The van der Waals surface area contributed by atoms with Gasteiger partial charge < -0.3 is 25.3 Å². The number of amides is 1. The molecule has 3 heterocycles. The fourth-order valence-electron chi connectivity index (χ4n) is 3.64. The van der Waals surface area contributed by atoms with E-state index in [1.807, 2.05) is 0 Å². The van der Waals surface area contributed by atoms with Gasteiger partial charge in [-0.05, 0) is 37.3 Å². The number of aromatic nitrogens is 2. The van der Waals surface area contributed by atoms with E-state index in [2.05, 4.69) is 25.5 Å². The lowest BCUT2D eigenvalue weighted by atomic mass is 10.1. The summed E-state index contributed by atoms with van der Waals surface area (Å²) in [4.78, 5) is 34.1. The number of rotatable bonds is 6. The number of H-pyrrole nitrogens is 1. The van der Waals surface area contributed by atoms with Crippen molar-refractivity contribution >= 4 is 46.3 Å². The summed E-state index contributed by atoms with van der Waals surface area (Å²) in [5.41, 5.74) is 0.578. The smallest absolute Gasteiger partial charge is 0.261 e. The van der Waals surface area contributed by atoms with Crippen LogP contribution in [-0.2, 0) is 4.74 Å². The molecular formula is C23H22Cl2FN5O3. The summed E-state index contributed by atoms with van der Waals surface area (Å²) in [6.07, 6.45) is 2.95. The fraction of sp³-hybridized carbons (Fsp3) is 0.261. The highest BCUT2D eigenvalue weighted by Crippen LogP contribution is 2.34. The molecule has 1 aliphatic heterocycles. The number of nitrogens with one attached hydrogen (secondary N) is 3. The van der Waals surface area contributed by atoms with Crippen molar-refractivity contribution < 1.29 is 13.9 Å². The van der Waals surface area contributed by atoms with Gasteiger partial charge in [-0.3, -0.25) is 9.59 Å². The topological polar surface area (TPSA) is 99.3 Å². The minimum atomic E-state index is -0.597. The molecule has 0 bridgehead atoms. The van der Waals surface area contributed by atoms with Crippen molar-refractivity contribution in [2.24, 2.45) is 0 Å². The first-order valence-electron chi connectivity index (χ1n) is 10.6. The van der Waals surface area contributed by atoms with E-state index in [1.54, 1.807) is 19.1 Å². The van der Waals surface area contributed by atoms with E-state index in [4.69, 9.17) is 27.9 Å². The number of morpholine rings is 1. The van der Waals surface area contributed by atoms with Gasteiger partial charge in [-0.25, -0.2) is 9.37 Å². The largest absolute Gasteiger partial charge is 0.378 e. The highest BCUT2D eigenvalue weighted by Gasteiger charge is 2.19. The molecule has 3 N–H and O–H groups in total. The molecule has 4 rings (SSSR count). The molecule has 0 spiro atoms. The highest BCUT2D eigenvalue weighted by molar-refractivity contribution is 6.36. The first-order chi connectivity index (χ1) is 16.3. The maximum Gasteiger partial charge on any atom is 0.261 e. The number of halogens is 3. The van der Waals surface area contributed by atoms with Crippen molar-refractivity contribution in [1.82, 2.24) is 9.97 Å². The fourth-order valence-corrected chi connectivity index (χ4v) is 4.33. The molecule has 1 aliphatic rings. The Morgan fingerprint density at radius 1 is 1.21 bits per heavy atom. The Labute approximate surface area is 205 Å². The molecule has 0 aliphatic carbocycles. The van der Waals surface area contributed by atoms with Crippen LogP contribution >= 0.6 is 23.2 Å². The average Bonchev–Trinajstić information content (AvgIpc) is 2.84. The lowest BCUT2D eigenvalue weighted by molar-refractivity contribution is 0.102. The first kappa shape index (κ1) is 24.0. The van der Waals surface area contributed by atoms with Crippen molar-refractivity contribution in [3.05, 3.63) is 80.1 Å². The molecule has 178 valence electrons. The third kappa shape index (κ3) is 5.32. The van der Waals surface area contributed by atoms with Gasteiger partial charge in [0.25, 0.3) is 11.5 Å². The Kier molecular flexibility index (Phi) is 7.35. The van der Waals surface area contributed by atoms with E-state index < -0.39 is 23.3 Å². The van der Waals surface area contributed by atoms with E-state index in [-0.39, 0.29) is 10.6 Å². The van der Waals surface area contributed by atoms with Crippen molar-refractivity contribution in [2.45, 2.75) is 13.0 Å². The quantitative estimate of drug-likeness (QED) is 0.427. The van der Waals surface area contributed by atoms with Gasteiger partial charge in [0.15, 0.2) is 0 Å². The molecule has 1 aromatic carbocycles. The molecule has 1 saturated heterocycles. The van der Waals surface area contributed by atoms with Crippen molar-refractivity contribution in [1.29, 1.82) is 0 Å². The van der Waals surface area contributed by atoms with Gasteiger partial charge in [0.2, 0.25) is 0 Å². The highest BCUT2D eigenvalue weighted by atomic mass is 35.5. The molecule has 0 unspecified atom stereocenters. The second kappa shape index (κ2) is 10.4. The first-order valence-corrected chi connectivity index (χ1v) is 11.3. The summed E-state index contributed by atoms with van der Waals surface area (Å²) in [7, 11) is 0. The SMILES string of the molecule is C[C@@H](Nc1c[nH]c(=O)c(C(=O)Nc2ccc(N3CCOCC3)nc2)c1)c1c(Cl)ccc(F)c1Cl. The van der Waals surface area contributed by atoms with E-state index in [0.717, 1.165) is 18.9 Å². The second-order valence-corrected chi connectivity index (χ2v) is 8.50. The number of benzene rings is 1.